The van der Waals surface area contributed by atoms with Crippen LogP contribution in [0.25, 0.3) is 10.9 Å². The number of nitrogens with zero attached hydrogens (tertiary/aromatic N) is 3. The number of aryl methyl sites for hydroxylation is 1. The van der Waals surface area contributed by atoms with Gasteiger partial charge in [-0.25, -0.2) is 18.4 Å². The lowest BCUT2D eigenvalue weighted by molar-refractivity contribution is -0.119. The third kappa shape index (κ3) is 4.39. The van der Waals surface area contributed by atoms with Crippen molar-refractivity contribution >= 4 is 44.2 Å². The number of carbonyl (C=O) groups is 2. The second-order valence-corrected chi connectivity index (χ2v) is 10.4. The van der Waals surface area contributed by atoms with Gasteiger partial charge in [-0.15, -0.1) is 0 Å². The van der Waals surface area contributed by atoms with Crippen LogP contribution in [0.3, 0.4) is 0 Å². The van der Waals surface area contributed by atoms with E-state index in [0.29, 0.717) is 28.4 Å². The number of benzene rings is 1. The van der Waals surface area contributed by atoms with Gasteiger partial charge in [0.1, 0.15) is 0 Å². The Kier molecular flexibility index (Phi) is 5.61. The van der Waals surface area contributed by atoms with Crippen molar-refractivity contribution in [1.82, 2.24) is 19.9 Å². The van der Waals surface area contributed by atoms with E-state index in [9.17, 15) is 18.0 Å². The molecule has 1 saturated heterocycles. The number of carbonyl (C=O) groups excluding carboxylic acids is 2. The number of sulfone groups is 1. The normalized spacial score (nSPS) is 17.8. The van der Waals surface area contributed by atoms with Gasteiger partial charge in [-0.05, 0) is 18.6 Å². The first-order chi connectivity index (χ1) is 14.3. The van der Waals surface area contributed by atoms with Crippen LogP contribution in [-0.2, 0) is 21.7 Å². The van der Waals surface area contributed by atoms with E-state index in [-0.39, 0.29) is 35.0 Å². The number of ketones is 1. The van der Waals surface area contributed by atoms with Crippen LogP contribution in [0, 0.1) is 0 Å². The number of aromatic nitrogens is 3. The highest BCUT2D eigenvalue weighted by Crippen LogP contribution is 2.26. The van der Waals surface area contributed by atoms with Gasteiger partial charge in [0.15, 0.2) is 15.7 Å². The fourth-order valence-corrected chi connectivity index (χ4v) is 5.84. The number of hydrogen-bond donors (Lipinski definition) is 1. The predicted molar refractivity (Wildman–Crippen MR) is 114 cm³/mol. The van der Waals surface area contributed by atoms with E-state index in [1.807, 2.05) is 24.3 Å². The molecule has 0 spiro atoms. The number of rotatable bonds is 6. The van der Waals surface area contributed by atoms with Gasteiger partial charge < -0.3 is 9.88 Å². The molecule has 8 nitrogen and oxygen atoms in total. The van der Waals surface area contributed by atoms with Crippen molar-refractivity contribution in [2.75, 3.05) is 17.3 Å². The third-order valence-electron chi connectivity index (χ3n) is 4.91. The Balaban J connectivity index is 1.54. The van der Waals surface area contributed by atoms with Crippen LogP contribution in [0.4, 0.5) is 0 Å². The molecule has 156 valence electrons. The lowest BCUT2D eigenvalue weighted by atomic mass is 10.1. The summed E-state index contributed by atoms with van der Waals surface area (Å²) in [6, 6.07) is 8.67. The molecule has 10 heteroatoms. The third-order valence-corrected chi connectivity index (χ3v) is 7.59. The first kappa shape index (κ1) is 20.5. The minimum atomic E-state index is -3.05. The van der Waals surface area contributed by atoms with E-state index < -0.39 is 9.84 Å². The number of imidazole rings is 1. The summed E-state index contributed by atoms with van der Waals surface area (Å²) < 4.78 is 24.7. The molecule has 30 heavy (non-hydrogen) atoms. The van der Waals surface area contributed by atoms with E-state index in [2.05, 4.69) is 15.3 Å². The average Bonchev–Trinajstić information content (AvgIpc) is 3.29. The second kappa shape index (κ2) is 8.19. The topological polar surface area (TPSA) is 111 Å². The zero-order valence-electron chi connectivity index (χ0n) is 16.2. The number of fused-ring (bicyclic) bond motifs is 1. The van der Waals surface area contributed by atoms with Crippen molar-refractivity contribution in [2.24, 2.45) is 7.05 Å². The van der Waals surface area contributed by atoms with Crippen molar-refractivity contribution in [2.45, 2.75) is 17.5 Å². The van der Waals surface area contributed by atoms with Gasteiger partial charge >= 0.3 is 0 Å². The highest BCUT2D eigenvalue weighted by atomic mass is 32.2. The molecule has 3 heterocycles. The predicted octanol–water partition coefficient (Wildman–Crippen LogP) is 1.59. The van der Waals surface area contributed by atoms with E-state index in [0.717, 1.165) is 5.39 Å². The van der Waals surface area contributed by atoms with Crippen LogP contribution in [0.2, 0.25) is 0 Å². The van der Waals surface area contributed by atoms with Crippen molar-refractivity contribution in [3.63, 3.8) is 0 Å². The molecule has 0 aliphatic carbocycles. The van der Waals surface area contributed by atoms with Gasteiger partial charge in [0, 0.05) is 36.4 Å². The summed E-state index contributed by atoms with van der Waals surface area (Å²) in [5.74, 6) is 0.0218. The summed E-state index contributed by atoms with van der Waals surface area (Å²) >= 11 is 1.21. The van der Waals surface area contributed by atoms with Crippen molar-refractivity contribution in [1.29, 1.82) is 0 Å². The van der Waals surface area contributed by atoms with Crippen molar-refractivity contribution < 1.29 is 18.0 Å². The highest BCUT2D eigenvalue weighted by molar-refractivity contribution is 7.99. The quantitative estimate of drug-likeness (QED) is 0.454. The molecular formula is C20H20N4O4S2. The summed E-state index contributed by atoms with van der Waals surface area (Å²) in [6.45, 7) is 0. The van der Waals surface area contributed by atoms with Crippen LogP contribution in [-0.4, -0.2) is 57.9 Å². The maximum absolute atomic E-state index is 13.1. The van der Waals surface area contributed by atoms with E-state index in [1.165, 1.54) is 11.8 Å². The smallest absolute Gasteiger partial charge is 0.230 e. The Hall–Kier alpha value is -2.72. The summed E-state index contributed by atoms with van der Waals surface area (Å²) in [7, 11) is -1.30. The Morgan fingerprint density at radius 3 is 2.80 bits per heavy atom. The Labute approximate surface area is 178 Å². The van der Waals surface area contributed by atoms with Gasteiger partial charge in [0.2, 0.25) is 11.7 Å². The van der Waals surface area contributed by atoms with Crippen molar-refractivity contribution in [3.05, 3.63) is 54.1 Å². The van der Waals surface area contributed by atoms with Crippen molar-refractivity contribution in [3.8, 4) is 0 Å². The number of nitrogens with one attached hydrogen (secondary N) is 1. The van der Waals surface area contributed by atoms with E-state index in [4.69, 9.17) is 0 Å². The maximum atomic E-state index is 13.1. The summed E-state index contributed by atoms with van der Waals surface area (Å²) in [5.41, 5.74) is 1.13. The number of hydrogen-bond acceptors (Lipinski definition) is 7. The van der Waals surface area contributed by atoms with E-state index in [1.54, 1.807) is 30.1 Å². The Bertz CT molecular complexity index is 1240. The molecule has 1 aromatic carbocycles. The number of para-hydroxylation sites is 1. The fourth-order valence-electron chi connectivity index (χ4n) is 3.44. The molecule has 3 aromatic rings. The van der Waals surface area contributed by atoms with Crippen LogP contribution in [0.15, 0.2) is 47.8 Å². The van der Waals surface area contributed by atoms with Gasteiger partial charge in [-0.1, -0.05) is 30.0 Å². The zero-order valence-corrected chi connectivity index (χ0v) is 17.9. The number of amides is 1. The Morgan fingerprint density at radius 2 is 2.10 bits per heavy atom. The summed E-state index contributed by atoms with van der Waals surface area (Å²) in [4.78, 5) is 34.0. The molecule has 1 amide bonds. The van der Waals surface area contributed by atoms with E-state index >= 15 is 0 Å². The molecule has 0 bridgehead atoms. The molecular weight excluding hydrogens is 424 g/mol. The molecule has 0 radical (unpaired) electrons. The fraction of sp³-hybridized carbons (Fsp3) is 0.300. The zero-order chi connectivity index (χ0) is 21.3. The van der Waals surface area contributed by atoms with Crippen LogP contribution >= 0.6 is 11.8 Å². The lowest BCUT2D eigenvalue weighted by Gasteiger charge is -2.11. The summed E-state index contributed by atoms with van der Waals surface area (Å²) in [6.07, 6.45) is 3.72. The minimum absolute atomic E-state index is 0.0139. The Morgan fingerprint density at radius 1 is 1.30 bits per heavy atom. The van der Waals surface area contributed by atoms with Gasteiger partial charge in [0.05, 0.1) is 27.8 Å². The SMILES string of the molecule is Cn1ccnc1C(=O)c1cc(SCC(=O)N[C@H]2CCS(=O)(=O)C2)nc2ccccc12. The number of pyridine rings is 1. The molecule has 1 fully saturated rings. The average molecular weight is 445 g/mol. The summed E-state index contributed by atoms with van der Waals surface area (Å²) in [5, 5.41) is 4.02. The lowest BCUT2D eigenvalue weighted by Crippen LogP contribution is -2.36. The first-order valence-electron chi connectivity index (χ1n) is 9.37. The molecule has 1 aliphatic rings. The largest absolute Gasteiger partial charge is 0.352 e. The number of thioether (sulfide) groups is 1. The molecule has 1 aliphatic heterocycles. The standard InChI is InChI=1S/C20H20N4O4S2/c1-24-8-7-21-20(24)19(26)15-10-18(23-16-5-3-2-4-14(15)16)29-11-17(25)22-13-6-9-30(27,28)12-13/h2-5,7-8,10,13H,6,9,11-12H2,1H3,(H,22,25)/t13-/m0/s1. The monoisotopic (exact) mass is 444 g/mol. The minimum Gasteiger partial charge on any atom is -0.352 e. The molecule has 1 atom stereocenters. The molecule has 0 saturated carbocycles. The highest BCUT2D eigenvalue weighted by Gasteiger charge is 2.29. The second-order valence-electron chi connectivity index (χ2n) is 7.17. The van der Waals surface area contributed by atoms with Gasteiger partial charge in [-0.2, -0.15) is 0 Å². The molecule has 0 unspecified atom stereocenters. The molecule has 4 rings (SSSR count). The van der Waals surface area contributed by atoms with Crippen LogP contribution in [0.1, 0.15) is 22.6 Å². The van der Waals surface area contributed by atoms with Gasteiger partial charge in [0.25, 0.3) is 0 Å². The van der Waals surface area contributed by atoms with Gasteiger partial charge in [-0.3, -0.25) is 9.59 Å². The first-order valence-corrected chi connectivity index (χ1v) is 12.2. The maximum Gasteiger partial charge on any atom is 0.230 e. The van der Waals surface area contributed by atoms with Crippen LogP contribution < -0.4 is 5.32 Å². The van der Waals surface area contributed by atoms with Crippen LogP contribution in [0.5, 0.6) is 0 Å². The molecule has 2 aromatic heterocycles. The molecule has 1 N–H and O–H groups in total.